The first kappa shape index (κ1) is 14.8. The lowest BCUT2D eigenvalue weighted by Gasteiger charge is -2.65. The summed E-state index contributed by atoms with van der Waals surface area (Å²) in [6, 6.07) is 0. The molecule has 0 aromatic rings. The molecular weight excluding hydrogens is 244 g/mol. The summed E-state index contributed by atoms with van der Waals surface area (Å²) in [4.78, 5) is 2.29. The SMILES string of the molecule is CN(C)CCCNCC12CC3CC(C)(CC(C)(C3)C1)C2. The van der Waals surface area contributed by atoms with Crippen molar-refractivity contribution in [2.45, 2.75) is 58.8 Å². The average molecular weight is 278 g/mol. The third-order valence-electron chi connectivity index (χ3n) is 6.20. The number of rotatable bonds is 6. The third-order valence-corrected chi connectivity index (χ3v) is 6.20. The quantitative estimate of drug-likeness (QED) is 0.748. The molecule has 0 aliphatic heterocycles. The average Bonchev–Trinajstić information content (AvgIpc) is 2.22. The number of hydrogen-bond donors (Lipinski definition) is 1. The Kier molecular flexibility index (Phi) is 3.70. The molecule has 0 saturated heterocycles. The highest BCUT2D eigenvalue weighted by Crippen LogP contribution is 2.69. The predicted molar refractivity (Wildman–Crippen MR) is 85.9 cm³/mol. The van der Waals surface area contributed by atoms with Gasteiger partial charge in [0.1, 0.15) is 0 Å². The van der Waals surface area contributed by atoms with Crippen LogP contribution in [0.3, 0.4) is 0 Å². The summed E-state index contributed by atoms with van der Waals surface area (Å²) >= 11 is 0. The fourth-order valence-electron chi connectivity index (χ4n) is 6.76. The molecule has 0 aromatic heterocycles. The highest BCUT2D eigenvalue weighted by molar-refractivity contribution is 5.10. The Morgan fingerprint density at radius 1 is 1.00 bits per heavy atom. The van der Waals surface area contributed by atoms with Gasteiger partial charge in [-0.1, -0.05) is 13.8 Å². The molecule has 4 aliphatic rings. The minimum atomic E-state index is 0.640. The zero-order valence-electron chi connectivity index (χ0n) is 14.1. The van der Waals surface area contributed by atoms with Gasteiger partial charge in [0.05, 0.1) is 0 Å². The van der Waals surface area contributed by atoms with Crippen LogP contribution in [0.5, 0.6) is 0 Å². The van der Waals surface area contributed by atoms with E-state index in [4.69, 9.17) is 0 Å². The number of hydrogen-bond acceptors (Lipinski definition) is 2. The first-order chi connectivity index (χ1) is 9.32. The van der Waals surface area contributed by atoms with Gasteiger partial charge in [-0.2, -0.15) is 0 Å². The second kappa shape index (κ2) is 4.98. The summed E-state index contributed by atoms with van der Waals surface area (Å²) in [5, 5.41) is 3.81. The Morgan fingerprint density at radius 2 is 1.65 bits per heavy atom. The minimum Gasteiger partial charge on any atom is -0.316 e. The molecule has 4 aliphatic carbocycles. The largest absolute Gasteiger partial charge is 0.316 e. The number of nitrogens with zero attached hydrogens (tertiary/aromatic N) is 1. The van der Waals surface area contributed by atoms with Gasteiger partial charge in [0.25, 0.3) is 0 Å². The van der Waals surface area contributed by atoms with Gasteiger partial charge >= 0.3 is 0 Å². The molecule has 0 radical (unpaired) electrons. The molecule has 2 nitrogen and oxygen atoms in total. The Bertz CT molecular complexity index is 344. The van der Waals surface area contributed by atoms with Gasteiger partial charge in [-0.05, 0) is 94.3 Å². The first-order valence-electron chi connectivity index (χ1n) is 8.68. The van der Waals surface area contributed by atoms with Crippen molar-refractivity contribution >= 4 is 0 Å². The minimum absolute atomic E-state index is 0.640. The van der Waals surface area contributed by atoms with Gasteiger partial charge < -0.3 is 10.2 Å². The van der Waals surface area contributed by atoms with Crippen LogP contribution < -0.4 is 5.32 Å². The standard InChI is InChI=1S/C18H34N2/c1-16-8-15-9-17(2,11-16)13-18(10-15,12-16)14-19-6-5-7-20(3)4/h15,19H,5-14H2,1-4H3. The Hall–Kier alpha value is -0.0800. The molecule has 20 heavy (non-hydrogen) atoms. The van der Waals surface area contributed by atoms with Crippen molar-refractivity contribution in [3.05, 3.63) is 0 Å². The molecule has 4 saturated carbocycles. The first-order valence-corrected chi connectivity index (χ1v) is 8.68. The van der Waals surface area contributed by atoms with Crippen LogP contribution in [0, 0.1) is 22.2 Å². The highest BCUT2D eigenvalue weighted by atomic mass is 15.1. The monoisotopic (exact) mass is 278 g/mol. The molecular formula is C18H34N2. The molecule has 0 heterocycles. The van der Waals surface area contributed by atoms with Crippen molar-refractivity contribution in [3.8, 4) is 0 Å². The van der Waals surface area contributed by atoms with Crippen molar-refractivity contribution in [3.63, 3.8) is 0 Å². The Balaban J connectivity index is 1.56. The van der Waals surface area contributed by atoms with Gasteiger partial charge in [-0.15, -0.1) is 0 Å². The van der Waals surface area contributed by atoms with E-state index in [2.05, 4.69) is 38.2 Å². The van der Waals surface area contributed by atoms with Gasteiger partial charge in [-0.3, -0.25) is 0 Å². The molecule has 2 heteroatoms. The van der Waals surface area contributed by atoms with Crippen molar-refractivity contribution < 1.29 is 0 Å². The fourth-order valence-corrected chi connectivity index (χ4v) is 6.76. The maximum absolute atomic E-state index is 3.81. The summed E-state index contributed by atoms with van der Waals surface area (Å²) in [7, 11) is 4.33. The van der Waals surface area contributed by atoms with Crippen LogP contribution in [0.15, 0.2) is 0 Å². The fraction of sp³-hybridized carbons (Fsp3) is 1.00. The smallest absolute Gasteiger partial charge is 0.000833 e. The Morgan fingerprint density at radius 3 is 2.20 bits per heavy atom. The van der Waals surface area contributed by atoms with E-state index in [0.717, 1.165) is 5.92 Å². The summed E-state index contributed by atoms with van der Waals surface area (Å²) in [6.07, 6.45) is 10.3. The van der Waals surface area contributed by atoms with Crippen LogP contribution >= 0.6 is 0 Å². The second-order valence-corrected chi connectivity index (χ2v) is 9.46. The van der Waals surface area contributed by atoms with Crippen molar-refractivity contribution in [2.75, 3.05) is 33.7 Å². The van der Waals surface area contributed by atoms with Gasteiger partial charge in [-0.25, -0.2) is 0 Å². The van der Waals surface area contributed by atoms with Crippen molar-refractivity contribution in [1.82, 2.24) is 10.2 Å². The van der Waals surface area contributed by atoms with E-state index in [1.807, 2.05) is 0 Å². The normalized spacial score (nSPS) is 46.4. The van der Waals surface area contributed by atoms with Crippen LogP contribution in [0.25, 0.3) is 0 Å². The van der Waals surface area contributed by atoms with E-state index in [1.54, 1.807) is 0 Å². The molecule has 4 bridgehead atoms. The maximum atomic E-state index is 3.81. The van der Waals surface area contributed by atoms with Gasteiger partial charge in [0.15, 0.2) is 0 Å². The molecule has 4 rings (SSSR count). The van der Waals surface area contributed by atoms with E-state index in [1.165, 1.54) is 64.6 Å². The second-order valence-electron chi connectivity index (χ2n) is 9.46. The van der Waals surface area contributed by atoms with Crippen LogP contribution in [0.2, 0.25) is 0 Å². The molecule has 0 spiro atoms. The maximum Gasteiger partial charge on any atom is 0.000833 e. The van der Waals surface area contributed by atoms with Crippen LogP contribution in [-0.4, -0.2) is 38.6 Å². The van der Waals surface area contributed by atoms with Crippen LogP contribution in [-0.2, 0) is 0 Å². The summed E-state index contributed by atoms with van der Waals surface area (Å²) in [5.74, 6) is 1.03. The molecule has 4 fully saturated rings. The summed E-state index contributed by atoms with van der Waals surface area (Å²) in [5.41, 5.74) is 1.97. The lowest BCUT2D eigenvalue weighted by atomic mass is 9.40. The summed E-state index contributed by atoms with van der Waals surface area (Å²) < 4.78 is 0. The Labute approximate surface area is 125 Å². The van der Waals surface area contributed by atoms with E-state index in [0.29, 0.717) is 16.2 Å². The zero-order valence-corrected chi connectivity index (χ0v) is 14.1. The lowest BCUT2D eigenvalue weighted by molar-refractivity contribution is -0.143. The van der Waals surface area contributed by atoms with Crippen LogP contribution in [0.1, 0.15) is 58.8 Å². The zero-order chi connectivity index (χ0) is 14.4. The molecule has 1 N–H and O–H groups in total. The van der Waals surface area contributed by atoms with Crippen molar-refractivity contribution in [1.29, 1.82) is 0 Å². The highest BCUT2D eigenvalue weighted by Gasteiger charge is 2.59. The van der Waals surface area contributed by atoms with E-state index in [9.17, 15) is 0 Å². The van der Waals surface area contributed by atoms with Gasteiger partial charge in [0, 0.05) is 6.54 Å². The molecule has 116 valence electrons. The topological polar surface area (TPSA) is 15.3 Å². The van der Waals surface area contributed by atoms with E-state index in [-0.39, 0.29) is 0 Å². The third kappa shape index (κ3) is 2.92. The molecule has 0 amide bonds. The van der Waals surface area contributed by atoms with E-state index >= 15 is 0 Å². The van der Waals surface area contributed by atoms with Gasteiger partial charge in [0.2, 0.25) is 0 Å². The molecule has 2 atom stereocenters. The predicted octanol–water partition coefficient (Wildman–Crippen LogP) is 3.52. The molecule has 2 unspecified atom stereocenters. The summed E-state index contributed by atoms with van der Waals surface area (Å²) in [6.45, 7) is 8.84. The lowest BCUT2D eigenvalue weighted by Crippen LogP contribution is -2.57. The van der Waals surface area contributed by atoms with E-state index < -0.39 is 0 Å². The molecule has 0 aromatic carbocycles. The number of nitrogens with one attached hydrogen (secondary N) is 1. The van der Waals surface area contributed by atoms with Crippen LogP contribution in [0.4, 0.5) is 0 Å². The van der Waals surface area contributed by atoms with Crippen molar-refractivity contribution in [2.24, 2.45) is 22.2 Å².